The third-order valence-electron chi connectivity index (χ3n) is 17.3. The Kier molecular flexibility index (Phi) is 23.7. The number of hydrogen-bond donors (Lipinski definition) is 6. The van der Waals surface area contributed by atoms with E-state index in [0.717, 1.165) is 149 Å². The predicted octanol–water partition coefficient (Wildman–Crippen LogP) is 16.3. The van der Waals surface area contributed by atoms with Crippen molar-refractivity contribution in [3.63, 3.8) is 0 Å². The summed E-state index contributed by atoms with van der Waals surface area (Å²) in [6.07, 6.45) is 19.2. The number of anilines is 6. The second-order valence-corrected chi connectivity index (χ2v) is 24.4. The van der Waals surface area contributed by atoms with Crippen LogP contribution in [-0.4, -0.2) is 119 Å². The average Bonchev–Trinajstić information content (AvgIpc) is 1.65. The van der Waals surface area contributed by atoms with Crippen LogP contribution in [0.3, 0.4) is 0 Å². The van der Waals surface area contributed by atoms with Crippen molar-refractivity contribution in [3.05, 3.63) is 249 Å². The molecule has 6 aromatic carbocycles. The second kappa shape index (κ2) is 34.6. The fraction of sp³-hybridized carbons (Fsp3) is 0.212. The van der Waals surface area contributed by atoms with Gasteiger partial charge >= 0.3 is 18.1 Å². The van der Waals surface area contributed by atoms with Gasteiger partial charge in [0.25, 0.3) is 0 Å². The van der Waals surface area contributed by atoms with Crippen LogP contribution in [0.5, 0.6) is 5.75 Å². The molecule has 102 heavy (non-hydrogen) atoms. The Balaban J connectivity index is 0.000000145. The summed E-state index contributed by atoms with van der Waals surface area (Å²) in [5.74, 6) is 0.733. The molecule has 2 saturated heterocycles. The van der Waals surface area contributed by atoms with E-state index in [-0.39, 0.29) is 18.1 Å². The molecule has 6 N–H and O–H groups in total. The summed E-state index contributed by atoms with van der Waals surface area (Å²) < 4.78 is 16.3. The number of aromatic nitrogens is 9. The van der Waals surface area contributed by atoms with Crippen molar-refractivity contribution < 1.29 is 23.9 Å². The van der Waals surface area contributed by atoms with Crippen LogP contribution in [0.1, 0.15) is 44.7 Å². The molecule has 0 radical (unpaired) electrons. The number of hydrogen-bond acceptors (Lipinski definition) is 13. The zero-order chi connectivity index (χ0) is 70.4. The van der Waals surface area contributed by atoms with Gasteiger partial charge in [0.2, 0.25) is 0 Å². The first-order valence-corrected chi connectivity index (χ1v) is 34.3. The Morgan fingerprint density at radius 1 is 0.382 bits per heavy atom. The Labute approximate surface area is 593 Å². The number of pyridine rings is 3. The predicted molar refractivity (Wildman–Crippen MR) is 404 cm³/mol. The van der Waals surface area contributed by atoms with Gasteiger partial charge in [-0.25, -0.2) is 14.4 Å². The molecule has 6 amide bonds. The van der Waals surface area contributed by atoms with Crippen molar-refractivity contribution in [2.45, 2.75) is 66.3 Å². The summed E-state index contributed by atoms with van der Waals surface area (Å²) in [4.78, 5) is 55.0. The quantitative estimate of drug-likeness (QED) is 0.0417. The summed E-state index contributed by atoms with van der Waals surface area (Å²) in [5.41, 5.74) is 18.4. The van der Waals surface area contributed by atoms with E-state index in [9.17, 15) is 14.4 Å². The Morgan fingerprint density at radius 3 is 1.02 bits per heavy atom. The number of rotatable bonds is 20. The van der Waals surface area contributed by atoms with Crippen LogP contribution in [0.4, 0.5) is 48.5 Å². The number of carbonyl (C=O) groups is 3. The topological polar surface area (TPSA) is 240 Å². The van der Waals surface area contributed by atoms with Gasteiger partial charge in [-0.05, 0) is 196 Å². The van der Waals surface area contributed by atoms with Crippen molar-refractivity contribution in [1.82, 2.24) is 54.1 Å². The minimum absolute atomic E-state index is 0.270. The number of carbonyl (C=O) groups excluding carboxylic acids is 3. The van der Waals surface area contributed by atoms with Gasteiger partial charge in [0.15, 0.2) is 0 Å². The van der Waals surface area contributed by atoms with Crippen molar-refractivity contribution in [2.75, 3.05) is 78.4 Å². The lowest BCUT2D eigenvalue weighted by atomic mass is 10.0. The number of amides is 6. The van der Waals surface area contributed by atoms with E-state index in [1.165, 1.54) is 37.1 Å². The molecule has 2 aliphatic rings. The van der Waals surface area contributed by atoms with E-state index in [4.69, 9.17) is 24.8 Å². The zero-order valence-electron chi connectivity index (χ0n) is 57.7. The van der Waals surface area contributed by atoms with Gasteiger partial charge in [-0.2, -0.15) is 15.3 Å². The first kappa shape index (κ1) is 69.8. The van der Waals surface area contributed by atoms with Crippen LogP contribution < -0.4 is 36.6 Å². The molecule has 8 heterocycles. The van der Waals surface area contributed by atoms with Crippen molar-refractivity contribution in [1.29, 1.82) is 0 Å². The fourth-order valence-electron chi connectivity index (χ4n) is 12.0. The molecular formula is C80H83N17O5. The first-order valence-electron chi connectivity index (χ1n) is 34.3. The lowest BCUT2D eigenvalue weighted by Gasteiger charge is -2.26. The van der Waals surface area contributed by atoms with Crippen LogP contribution in [0.2, 0.25) is 0 Å². The van der Waals surface area contributed by atoms with E-state index >= 15 is 0 Å². The summed E-state index contributed by atoms with van der Waals surface area (Å²) in [6, 6.07) is 57.4. The molecule has 2 fully saturated rings. The minimum atomic E-state index is -0.319. The maximum absolute atomic E-state index is 12.7. The molecule has 0 spiro atoms. The monoisotopic (exact) mass is 1360 g/mol. The van der Waals surface area contributed by atoms with Crippen LogP contribution in [-0.2, 0) is 37.5 Å². The lowest BCUT2D eigenvalue weighted by molar-refractivity contribution is 0.0342. The summed E-state index contributed by atoms with van der Waals surface area (Å²) in [7, 11) is 1.60. The third-order valence-corrected chi connectivity index (χ3v) is 17.3. The maximum atomic E-state index is 12.7. The van der Waals surface area contributed by atoms with E-state index in [2.05, 4.69) is 102 Å². The number of likely N-dealkylation sites (tertiary alicyclic amines) is 1. The fourth-order valence-corrected chi connectivity index (χ4v) is 12.0. The Morgan fingerprint density at radius 2 is 0.696 bits per heavy atom. The zero-order valence-corrected chi connectivity index (χ0v) is 57.7. The van der Waals surface area contributed by atoms with Crippen LogP contribution >= 0.6 is 0 Å². The van der Waals surface area contributed by atoms with Gasteiger partial charge in [0.1, 0.15) is 22.8 Å². The number of methoxy groups -OCH3 is 1. The van der Waals surface area contributed by atoms with E-state index in [1.54, 1.807) is 68.6 Å². The molecule has 0 saturated carbocycles. The highest BCUT2D eigenvalue weighted by atomic mass is 16.5. The number of aryl methyl sites for hydroxylation is 3. The van der Waals surface area contributed by atoms with Crippen molar-refractivity contribution >= 4 is 52.2 Å². The molecule has 518 valence electrons. The maximum Gasteiger partial charge on any atom is 0.323 e. The molecule has 0 unspecified atom stereocenters. The van der Waals surface area contributed by atoms with Gasteiger partial charge < -0.3 is 41.4 Å². The van der Waals surface area contributed by atoms with Crippen LogP contribution in [0.15, 0.2) is 238 Å². The second-order valence-electron chi connectivity index (χ2n) is 24.4. The largest absolute Gasteiger partial charge is 0.497 e. The Bertz CT molecular complexity index is 4690. The molecular weight excluding hydrogens is 1280 g/mol. The molecule has 14 rings (SSSR count). The van der Waals surface area contributed by atoms with Crippen LogP contribution in [0, 0.1) is 0 Å². The highest BCUT2D eigenvalue weighted by Gasteiger charge is 2.19. The number of urea groups is 3. The lowest BCUT2D eigenvalue weighted by Crippen LogP contribution is -2.35. The van der Waals surface area contributed by atoms with E-state index in [0.29, 0.717) is 17.1 Å². The molecule has 2 aliphatic heterocycles. The SMILES string of the molecule is CCn1cc(-c2cccc(NC(=O)Nc3ccc(CN4CCCC4)cc3)c2)c(-c2ccncc2)n1.CCn1cc(-c2cccc(NC(=O)Nc3ccc(CN4CCOCC4)cc3)c2)c(-c2ccncc2)n1.CCn1cc(-c2cccc(NC(=O)Nc3ccc(OC)cc3)c2)c(-c2ccncc2)n1. The molecule has 12 aromatic rings. The summed E-state index contributed by atoms with van der Waals surface area (Å²) >= 11 is 0. The Hall–Kier alpha value is -12.1. The number of morpholine rings is 1. The molecule has 6 aromatic heterocycles. The number of nitrogens with one attached hydrogen (secondary N) is 6. The highest BCUT2D eigenvalue weighted by molar-refractivity contribution is 6.02. The molecule has 22 nitrogen and oxygen atoms in total. The van der Waals surface area contributed by atoms with Gasteiger partial charge in [0, 0.05) is 169 Å². The van der Waals surface area contributed by atoms with E-state index in [1.807, 2.05) is 166 Å². The van der Waals surface area contributed by atoms with Gasteiger partial charge in [-0.15, -0.1) is 0 Å². The molecule has 22 heteroatoms. The number of nitrogens with zero attached hydrogens (tertiary/aromatic N) is 11. The van der Waals surface area contributed by atoms with E-state index < -0.39 is 0 Å². The molecule has 0 aliphatic carbocycles. The summed E-state index contributed by atoms with van der Waals surface area (Å²) in [6.45, 7) is 16.1. The smallest absolute Gasteiger partial charge is 0.323 e. The standard InChI is InChI=1S/C28H30N6O2.C28H30N6O.C24H23N5O2/c1-2-34-20-26(27(32-34)22-10-12-29-13-11-22)23-4-3-5-25(18-23)31-28(35)30-24-8-6-21(7-9-24)19-33-14-16-36-17-15-33;1-2-34-20-26(27(32-34)22-12-14-29-15-13-22)23-6-5-7-25(18-23)31-28(35)30-24-10-8-21(9-11-24)19-33-16-3-4-17-33;1-3-29-16-22(23(28-29)17-11-13-25-14-12-17)18-5-4-6-20(15-18)27-24(30)26-19-7-9-21(31-2)10-8-19/h3-13,18,20H,2,14-17,19H2,1H3,(H2,30,31,35);5-15,18,20H,2-4,16-17,19H2,1H3,(H2,30,31,35);4-16H,3H2,1-2H3,(H2,26,27,30). The number of ether oxygens (including phenoxy) is 2. The van der Waals surface area contributed by atoms with Gasteiger partial charge in [-0.1, -0.05) is 60.7 Å². The highest BCUT2D eigenvalue weighted by Crippen LogP contribution is 2.36. The average molecular weight is 1360 g/mol. The van der Waals surface area contributed by atoms with Crippen molar-refractivity contribution in [3.8, 4) is 72.9 Å². The molecule has 0 bridgehead atoms. The van der Waals surface area contributed by atoms with Crippen molar-refractivity contribution in [2.24, 2.45) is 0 Å². The number of benzene rings is 6. The molecule has 0 atom stereocenters. The summed E-state index contributed by atoms with van der Waals surface area (Å²) in [5, 5.41) is 31.7. The normalized spacial score (nSPS) is 12.8. The van der Waals surface area contributed by atoms with Gasteiger partial charge in [-0.3, -0.25) is 38.8 Å². The minimum Gasteiger partial charge on any atom is -0.497 e. The van der Waals surface area contributed by atoms with Gasteiger partial charge in [0.05, 0.1) is 20.3 Å². The third kappa shape index (κ3) is 19.0. The first-order chi connectivity index (χ1) is 50.0. The van der Waals surface area contributed by atoms with Crippen LogP contribution in [0.25, 0.3) is 67.2 Å².